The molecule has 0 aliphatic heterocycles. The molecule has 39 heavy (non-hydrogen) atoms. The fourth-order valence-corrected chi connectivity index (χ4v) is 7.07. The van der Waals surface area contributed by atoms with Gasteiger partial charge in [0.05, 0.1) is 21.4 Å². The molecule has 6 aromatic rings. The molecule has 0 N–H and O–H groups in total. The normalized spacial score (nSPS) is 16.9. The first-order valence-electron chi connectivity index (χ1n) is 14.1. The van der Waals surface area contributed by atoms with Crippen LogP contribution in [0.15, 0.2) is 71.1 Å². The summed E-state index contributed by atoms with van der Waals surface area (Å²) in [6, 6.07) is 24.3. The molecule has 0 amide bonds. The molecule has 1 aliphatic rings. The van der Waals surface area contributed by atoms with Crippen LogP contribution in [0.4, 0.5) is 0 Å². The van der Waals surface area contributed by atoms with Crippen LogP contribution < -0.4 is 0 Å². The molecule has 4 aromatic carbocycles. The van der Waals surface area contributed by atoms with Crippen molar-refractivity contribution in [2.75, 3.05) is 0 Å². The Morgan fingerprint density at radius 3 is 2.05 bits per heavy atom. The first-order chi connectivity index (χ1) is 18.4. The number of hydrogen-bond donors (Lipinski definition) is 0. The van der Waals surface area contributed by atoms with Crippen molar-refractivity contribution in [3.63, 3.8) is 0 Å². The summed E-state index contributed by atoms with van der Waals surface area (Å²) in [7, 11) is 0. The van der Waals surface area contributed by atoms with E-state index in [0.717, 1.165) is 43.6 Å². The van der Waals surface area contributed by atoms with Crippen LogP contribution >= 0.6 is 11.6 Å². The highest BCUT2D eigenvalue weighted by molar-refractivity contribution is 6.41. The van der Waals surface area contributed by atoms with Crippen molar-refractivity contribution >= 4 is 55.3 Å². The van der Waals surface area contributed by atoms with Crippen LogP contribution in [0, 0.1) is 0 Å². The van der Waals surface area contributed by atoms with Crippen molar-refractivity contribution < 1.29 is 4.42 Å². The summed E-state index contributed by atoms with van der Waals surface area (Å²) in [6.45, 7) is 16.4. The molecule has 198 valence electrons. The maximum Gasteiger partial charge on any atom is 0.146 e. The van der Waals surface area contributed by atoms with Crippen LogP contribution in [-0.4, -0.2) is 4.57 Å². The van der Waals surface area contributed by atoms with Gasteiger partial charge in [0.1, 0.15) is 11.2 Å². The lowest BCUT2D eigenvalue weighted by molar-refractivity contribution is 0.332. The summed E-state index contributed by atoms with van der Waals surface area (Å²) in [5.41, 5.74) is 9.74. The highest BCUT2D eigenvalue weighted by atomic mass is 35.5. The van der Waals surface area contributed by atoms with Gasteiger partial charge in [-0.3, -0.25) is 0 Å². The Morgan fingerprint density at radius 2 is 1.38 bits per heavy atom. The Morgan fingerprint density at radius 1 is 0.744 bits per heavy atom. The minimum Gasteiger partial charge on any atom is -0.455 e. The molecule has 2 nitrogen and oxygen atoms in total. The van der Waals surface area contributed by atoms with Gasteiger partial charge in [0, 0.05) is 21.8 Å². The molecule has 2 heterocycles. The number of halogens is 1. The van der Waals surface area contributed by atoms with Gasteiger partial charge >= 0.3 is 0 Å². The van der Waals surface area contributed by atoms with E-state index in [-0.39, 0.29) is 16.2 Å². The van der Waals surface area contributed by atoms with E-state index in [1.54, 1.807) is 0 Å². The molecule has 0 bridgehead atoms. The standard InChI is InChI=1S/C36H36ClNO/c1-34(2,3)21-12-14-22(15-13-21)38-28-19-26-25(35(4,5)16-17-36(26,6)7)18-24(28)32-29(38)20-27(37)31-23-10-8-9-11-30(23)39-33(31)32/h8-15,18-20H,16-17H2,1-7H3. The van der Waals surface area contributed by atoms with Gasteiger partial charge in [0.25, 0.3) is 0 Å². The van der Waals surface area contributed by atoms with Crippen molar-refractivity contribution in [1.29, 1.82) is 0 Å². The molecule has 0 spiro atoms. The predicted octanol–water partition coefficient (Wildman–Crippen LogP) is 11.0. The Kier molecular flexibility index (Phi) is 5.03. The first-order valence-corrected chi connectivity index (χ1v) is 14.5. The number of hydrogen-bond acceptors (Lipinski definition) is 1. The lowest BCUT2D eigenvalue weighted by atomic mass is 9.63. The van der Waals surface area contributed by atoms with E-state index < -0.39 is 0 Å². The Balaban J connectivity index is 1.67. The number of nitrogens with zero attached hydrogens (tertiary/aromatic N) is 1. The number of para-hydroxylation sites is 1. The molecule has 2 aromatic heterocycles. The van der Waals surface area contributed by atoms with Gasteiger partial charge in [0.2, 0.25) is 0 Å². The smallest absolute Gasteiger partial charge is 0.146 e. The SMILES string of the molecule is CC(C)(C)c1ccc(-n2c3cc4c(cc3c3c5oc6ccccc6c5c(Cl)cc32)C(C)(C)CCC4(C)C)cc1. The van der Waals surface area contributed by atoms with Crippen LogP contribution in [0.25, 0.3) is 49.4 Å². The van der Waals surface area contributed by atoms with E-state index in [2.05, 4.69) is 108 Å². The third kappa shape index (κ3) is 3.54. The van der Waals surface area contributed by atoms with Gasteiger partial charge in [-0.2, -0.15) is 0 Å². The zero-order valence-electron chi connectivity index (χ0n) is 24.0. The lowest BCUT2D eigenvalue weighted by Gasteiger charge is -2.42. The molecule has 7 rings (SSSR count). The van der Waals surface area contributed by atoms with Crippen molar-refractivity contribution in [3.05, 3.63) is 88.4 Å². The van der Waals surface area contributed by atoms with Crippen molar-refractivity contribution in [3.8, 4) is 5.69 Å². The van der Waals surface area contributed by atoms with Gasteiger partial charge < -0.3 is 8.98 Å². The van der Waals surface area contributed by atoms with Gasteiger partial charge in [-0.1, -0.05) is 90.4 Å². The van der Waals surface area contributed by atoms with Crippen molar-refractivity contribution in [1.82, 2.24) is 4.57 Å². The molecule has 3 heteroatoms. The maximum atomic E-state index is 7.07. The minimum atomic E-state index is 0.0950. The maximum absolute atomic E-state index is 7.07. The second-order valence-corrected chi connectivity index (χ2v) is 14.3. The monoisotopic (exact) mass is 533 g/mol. The zero-order chi connectivity index (χ0) is 27.5. The van der Waals surface area contributed by atoms with Gasteiger partial charge in [-0.05, 0) is 82.2 Å². The van der Waals surface area contributed by atoms with E-state index in [9.17, 15) is 0 Å². The fraction of sp³-hybridized carbons (Fsp3) is 0.333. The number of furan rings is 1. The molecular weight excluding hydrogens is 498 g/mol. The molecule has 0 unspecified atom stereocenters. The van der Waals surface area contributed by atoms with Gasteiger partial charge in [0.15, 0.2) is 0 Å². The second-order valence-electron chi connectivity index (χ2n) is 13.9. The van der Waals surface area contributed by atoms with E-state index in [4.69, 9.17) is 16.0 Å². The zero-order valence-corrected chi connectivity index (χ0v) is 24.8. The quantitative estimate of drug-likeness (QED) is 0.205. The first kappa shape index (κ1) is 24.8. The van der Waals surface area contributed by atoms with Crippen LogP contribution in [0.2, 0.25) is 5.02 Å². The van der Waals surface area contributed by atoms with Crippen LogP contribution in [-0.2, 0) is 16.2 Å². The summed E-state index contributed by atoms with van der Waals surface area (Å²) >= 11 is 7.07. The summed E-state index contributed by atoms with van der Waals surface area (Å²) < 4.78 is 9.00. The Bertz CT molecular complexity index is 1940. The number of benzene rings is 4. The molecular formula is C36H36ClNO. The summed E-state index contributed by atoms with van der Waals surface area (Å²) in [4.78, 5) is 0. The summed E-state index contributed by atoms with van der Waals surface area (Å²) in [5, 5.41) is 5.16. The number of fused-ring (bicyclic) bond motifs is 8. The molecule has 0 fully saturated rings. The topological polar surface area (TPSA) is 18.1 Å². The van der Waals surface area contributed by atoms with Crippen LogP contribution in [0.5, 0.6) is 0 Å². The fourth-order valence-electron chi connectivity index (χ4n) is 6.78. The van der Waals surface area contributed by atoms with Crippen LogP contribution in [0.3, 0.4) is 0 Å². The average Bonchev–Trinajstić information content (AvgIpc) is 3.41. The Labute approximate surface area is 235 Å². The molecule has 0 saturated heterocycles. The van der Waals surface area contributed by atoms with Gasteiger partial charge in [-0.15, -0.1) is 0 Å². The van der Waals surface area contributed by atoms with Crippen molar-refractivity contribution in [2.45, 2.75) is 77.6 Å². The largest absolute Gasteiger partial charge is 0.455 e. The van der Waals surface area contributed by atoms with Crippen LogP contribution in [0.1, 0.15) is 78.0 Å². The van der Waals surface area contributed by atoms with E-state index in [1.165, 1.54) is 40.4 Å². The average molecular weight is 534 g/mol. The number of rotatable bonds is 1. The lowest BCUT2D eigenvalue weighted by Crippen LogP contribution is -2.33. The molecule has 0 radical (unpaired) electrons. The summed E-state index contributed by atoms with van der Waals surface area (Å²) in [6.07, 6.45) is 2.36. The molecule has 1 aliphatic carbocycles. The third-order valence-electron chi connectivity index (χ3n) is 9.29. The molecule has 0 atom stereocenters. The highest BCUT2D eigenvalue weighted by Crippen LogP contribution is 2.50. The predicted molar refractivity (Wildman–Crippen MR) is 167 cm³/mol. The second kappa shape index (κ2) is 7.92. The van der Waals surface area contributed by atoms with E-state index in [1.807, 2.05) is 12.1 Å². The molecule has 0 saturated carbocycles. The van der Waals surface area contributed by atoms with Crippen molar-refractivity contribution in [2.24, 2.45) is 0 Å². The van der Waals surface area contributed by atoms with Gasteiger partial charge in [-0.25, -0.2) is 0 Å². The minimum absolute atomic E-state index is 0.0950. The van der Waals surface area contributed by atoms with E-state index in [0.29, 0.717) is 0 Å². The third-order valence-corrected chi connectivity index (χ3v) is 9.59. The summed E-state index contributed by atoms with van der Waals surface area (Å²) in [5.74, 6) is 0. The highest BCUT2D eigenvalue weighted by Gasteiger charge is 2.38. The van der Waals surface area contributed by atoms with E-state index >= 15 is 0 Å². The Hall–Kier alpha value is -3.23. The number of aromatic nitrogens is 1.